The van der Waals surface area contributed by atoms with Crippen molar-refractivity contribution in [3.05, 3.63) is 53.6 Å². The van der Waals surface area contributed by atoms with Crippen LogP contribution < -0.4 is 5.32 Å². The Morgan fingerprint density at radius 3 is 2.50 bits per heavy atom. The molecule has 0 spiro atoms. The summed E-state index contributed by atoms with van der Waals surface area (Å²) in [6, 6.07) is 9.93. The third-order valence-electron chi connectivity index (χ3n) is 3.50. The minimum Gasteiger partial charge on any atom is -0.508 e. The first-order chi connectivity index (χ1) is 11.5. The average molecular weight is 343 g/mol. The molecule has 0 aliphatic rings. The number of nitrogens with zero attached hydrogens (tertiary/aromatic N) is 2. The standard InChI is InChI=1S/C16H13N3O4S/c20-11-4-1-9(2-5-11)7-14(16(22)23)17-15(21)10-3-6-12-13(8-10)19-24-18-12/h1-6,8,14,20H,7H2,(H,17,21)(H,22,23). The summed E-state index contributed by atoms with van der Waals surface area (Å²) < 4.78 is 8.12. The third kappa shape index (κ3) is 3.49. The number of aliphatic carboxylic acids is 1. The average Bonchev–Trinajstić information content (AvgIpc) is 3.03. The van der Waals surface area contributed by atoms with Gasteiger partial charge in [-0.3, -0.25) is 4.79 Å². The van der Waals surface area contributed by atoms with Crippen LogP contribution in [-0.2, 0) is 11.2 Å². The van der Waals surface area contributed by atoms with Crippen LogP contribution in [0.1, 0.15) is 15.9 Å². The van der Waals surface area contributed by atoms with Crippen LogP contribution in [0.25, 0.3) is 11.0 Å². The van der Waals surface area contributed by atoms with Crippen molar-refractivity contribution >= 4 is 34.6 Å². The van der Waals surface area contributed by atoms with Crippen LogP contribution in [0.2, 0.25) is 0 Å². The van der Waals surface area contributed by atoms with E-state index in [2.05, 4.69) is 14.1 Å². The van der Waals surface area contributed by atoms with Gasteiger partial charge in [-0.25, -0.2) is 4.79 Å². The number of benzene rings is 2. The number of phenols is 1. The number of rotatable bonds is 5. The molecule has 0 fully saturated rings. The fourth-order valence-electron chi connectivity index (χ4n) is 2.23. The van der Waals surface area contributed by atoms with Gasteiger partial charge in [-0.05, 0) is 35.9 Å². The molecule has 1 amide bonds. The van der Waals surface area contributed by atoms with Crippen molar-refractivity contribution < 1.29 is 19.8 Å². The van der Waals surface area contributed by atoms with Crippen molar-refractivity contribution in [1.29, 1.82) is 0 Å². The van der Waals surface area contributed by atoms with E-state index in [9.17, 15) is 19.8 Å². The lowest BCUT2D eigenvalue weighted by Gasteiger charge is -2.14. The normalized spacial score (nSPS) is 12.0. The van der Waals surface area contributed by atoms with Crippen LogP contribution >= 0.6 is 11.7 Å². The van der Waals surface area contributed by atoms with Crippen molar-refractivity contribution in [2.75, 3.05) is 0 Å². The smallest absolute Gasteiger partial charge is 0.326 e. The van der Waals surface area contributed by atoms with E-state index < -0.39 is 17.9 Å². The monoisotopic (exact) mass is 343 g/mol. The number of aromatic hydroxyl groups is 1. The Morgan fingerprint density at radius 2 is 1.79 bits per heavy atom. The van der Waals surface area contributed by atoms with Gasteiger partial charge in [-0.2, -0.15) is 8.75 Å². The summed E-state index contributed by atoms with van der Waals surface area (Å²) in [7, 11) is 0. The molecule has 0 saturated heterocycles. The molecule has 0 saturated carbocycles. The van der Waals surface area contributed by atoms with Gasteiger partial charge in [0.15, 0.2) is 0 Å². The summed E-state index contributed by atoms with van der Waals surface area (Å²) >= 11 is 1.05. The van der Waals surface area contributed by atoms with Gasteiger partial charge in [0.1, 0.15) is 22.8 Å². The third-order valence-corrected chi connectivity index (χ3v) is 4.05. The Morgan fingerprint density at radius 1 is 1.08 bits per heavy atom. The van der Waals surface area contributed by atoms with E-state index in [4.69, 9.17) is 0 Å². The predicted octanol–water partition coefficient (Wildman–Crippen LogP) is 1.82. The first-order valence-corrected chi connectivity index (χ1v) is 7.80. The largest absolute Gasteiger partial charge is 0.508 e. The molecule has 1 unspecified atom stereocenters. The lowest BCUT2D eigenvalue weighted by molar-refractivity contribution is -0.139. The lowest BCUT2D eigenvalue weighted by atomic mass is 10.1. The molecule has 0 aliphatic heterocycles. The molecular formula is C16H13N3O4S. The Balaban J connectivity index is 1.75. The number of phenolic OH excluding ortho intramolecular Hbond substituents is 1. The second-order valence-corrected chi connectivity index (χ2v) is 5.73. The number of aromatic nitrogens is 2. The van der Waals surface area contributed by atoms with E-state index in [1.807, 2.05) is 0 Å². The van der Waals surface area contributed by atoms with Gasteiger partial charge >= 0.3 is 5.97 Å². The van der Waals surface area contributed by atoms with E-state index in [1.54, 1.807) is 30.3 Å². The van der Waals surface area contributed by atoms with Crippen LogP contribution in [0.5, 0.6) is 5.75 Å². The Bertz CT molecular complexity index is 892. The van der Waals surface area contributed by atoms with Crippen LogP contribution in [0, 0.1) is 0 Å². The van der Waals surface area contributed by atoms with E-state index >= 15 is 0 Å². The number of carbonyl (C=O) groups excluding carboxylic acids is 1. The Kier molecular flexibility index (Phi) is 4.39. The summed E-state index contributed by atoms with van der Waals surface area (Å²) in [5.74, 6) is -1.52. The number of hydrogen-bond donors (Lipinski definition) is 3. The predicted molar refractivity (Wildman–Crippen MR) is 88.1 cm³/mol. The maximum atomic E-state index is 12.3. The lowest BCUT2D eigenvalue weighted by Crippen LogP contribution is -2.42. The van der Waals surface area contributed by atoms with Gasteiger partial charge < -0.3 is 15.5 Å². The van der Waals surface area contributed by atoms with Crippen LogP contribution in [-0.4, -0.2) is 36.9 Å². The van der Waals surface area contributed by atoms with Gasteiger partial charge in [0.05, 0.1) is 11.7 Å². The zero-order valence-corrected chi connectivity index (χ0v) is 13.2. The van der Waals surface area contributed by atoms with Crippen LogP contribution in [0.15, 0.2) is 42.5 Å². The van der Waals surface area contributed by atoms with E-state index in [-0.39, 0.29) is 12.2 Å². The van der Waals surface area contributed by atoms with Crippen molar-refractivity contribution in [3.8, 4) is 5.75 Å². The molecule has 0 radical (unpaired) electrons. The van der Waals surface area contributed by atoms with Crippen LogP contribution in [0.4, 0.5) is 0 Å². The van der Waals surface area contributed by atoms with Gasteiger partial charge in [-0.1, -0.05) is 12.1 Å². The molecular weight excluding hydrogens is 330 g/mol. The zero-order valence-electron chi connectivity index (χ0n) is 12.3. The molecule has 8 heteroatoms. The van der Waals surface area contributed by atoms with Crippen molar-refractivity contribution in [3.63, 3.8) is 0 Å². The SMILES string of the molecule is O=C(NC(Cc1ccc(O)cc1)C(=O)O)c1ccc2nsnc2c1. The second-order valence-electron chi connectivity index (χ2n) is 5.20. The second kappa shape index (κ2) is 6.63. The summed E-state index contributed by atoms with van der Waals surface area (Å²) in [5.41, 5.74) is 2.31. The molecule has 1 aromatic heterocycles. The molecule has 7 nitrogen and oxygen atoms in total. The molecule has 3 rings (SSSR count). The minimum atomic E-state index is -1.13. The number of fused-ring (bicyclic) bond motifs is 1. The van der Waals surface area contributed by atoms with Gasteiger partial charge in [-0.15, -0.1) is 0 Å². The molecule has 2 aromatic carbocycles. The van der Waals surface area contributed by atoms with E-state index in [1.165, 1.54) is 12.1 Å². The van der Waals surface area contributed by atoms with Crippen molar-refractivity contribution in [2.24, 2.45) is 0 Å². The summed E-state index contributed by atoms with van der Waals surface area (Å²) in [5, 5.41) is 21.1. The van der Waals surface area contributed by atoms with Gasteiger partial charge in [0, 0.05) is 12.0 Å². The number of amides is 1. The summed E-state index contributed by atoms with van der Waals surface area (Å²) in [6.45, 7) is 0. The maximum Gasteiger partial charge on any atom is 0.326 e. The number of hydrogen-bond acceptors (Lipinski definition) is 6. The molecule has 0 aliphatic carbocycles. The van der Waals surface area contributed by atoms with Crippen LogP contribution in [0.3, 0.4) is 0 Å². The Labute approximate surface area is 140 Å². The number of carbonyl (C=O) groups is 2. The number of nitrogens with one attached hydrogen (secondary N) is 1. The Hall–Kier alpha value is -3.00. The first kappa shape index (κ1) is 15.9. The quantitative estimate of drug-likeness (QED) is 0.651. The highest BCUT2D eigenvalue weighted by molar-refractivity contribution is 7.00. The molecule has 3 N–H and O–H groups in total. The first-order valence-electron chi connectivity index (χ1n) is 7.07. The highest BCUT2D eigenvalue weighted by Crippen LogP contribution is 2.15. The topological polar surface area (TPSA) is 112 Å². The highest BCUT2D eigenvalue weighted by Gasteiger charge is 2.21. The summed E-state index contributed by atoms with van der Waals surface area (Å²) in [4.78, 5) is 23.7. The molecule has 1 atom stereocenters. The highest BCUT2D eigenvalue weighted by atomic mass is 32.1. The molecule has 24 heavy (non-hydrogen) atoms. The molecule has 3 aromatic rings. The maximum absolute atomic E-state index is 12.3. The van der Waals surface area contributed by atoms with Crippen molar-refractivity contribution in [2.45, 2.75) is 12.5 Å². The van der Waals surface area contributed by atoms with Gasteiger partial charge in [0.2, 0.25) is 0 Å². The zero-order chi connectivity index (χ0) is 17.1. The number of carboxylic acid groups (broad SMARTS) is 1. The minimum absolute atomic E-state index is 0.0971. The fourth-order valence-corrected chi connectivity index (χ4v) is 2.75. The van der Waals surface area contributed by atoms with Crippen molar-refractivity contribution in [1.82, 2.24) is 14.1 Å². The molecule has 1 heterocycles. The summed E-state index contributed by atoms with van der Waals surface area (Å²) in [6.07, 6.45) is 0.113. The fraction of sp³-hybridized carbons (Fsp3) is 0.125. The molecule has 122 valence electrons. The van der Waals surface area contributed by atoms with E-state index in [0.29, 0.717) is 22.2 Å². The van der Waals surface area contributed by atoms with Gasteiger partial charge in [0.25, 0.3) is 5.91 Å². The van der Waals surface area contributed by atoms with E-state index in [0.717, 1.165) is 11.7 Å². The molecule has 0 bridgehead atoms. The number of carboxylic acids is 1.